The number of nitrogens with zero attached hydrogens (tertiary/aromatic N) is 5. The summed E-state index contributed by atoms with van der Waals surface area (Å²) in [7, 11) is -0.446. The van der Waals surface area contributed by atoms with E-state index < -0.39 is 14.1 Å². The lowest BCUT2D eigenvalue weighted by atomic mass is 9.94. The van der Waals surface area contributed by atoms with Crippen molar-refractivity contribution in [2.45, 2.75) is 96.1 Å². The molecule has 10 nitrogen and oxygen atoms in total. The van der Waals surface area contributed by atoms with Gasteiger partial charge in [-0.1, -0.05) is 33.8 Å². The number of aryl methyl sites for hydroxylation is 1. The van der Waals surface area contributed by atoms with Crippen LogP contribution in [0.15, 0.2) is 30.5 Å². The average molecular weight is 776 g/mol. The minimum absolute atomic E-state index is 0.00347. The van der Waals surface area contributed by atoms with Gasteiger partial charge in [0, 0.05) is 62.6 Å². The lowest BCUT2D eigenvalue weighted by Gasteiger charge is -2.40. The Morgan fingerprint density at radius 3 is 2.65 bits per heavy atom. The summed E-state index contributed by atoms with van der Waals surface area (Å²) in [6, 6.07) is 7.39. The zero-order valence-corrected chi connectivity index (χ0v) is 34.3. The van der Waals surface area contributed by atoms with E-state index in [1.807, 2.05) is 13.0 Å². The summed E-state index contributed by atoms with van der Waals surface area (Å²) in [6.07, 6.45) is 6.41. The Balaban J connectivity index is 1.21. The van der Waals surface area contributed by atoms with Gasteiger partial charge in [-0.2, -0.15) is 9.97 Å². The number of halogens is 2. The van der Waals surface area contributed by atoms with Gasteiger partial charge in [0.1, 0.15) is 35.2 Å². The van der Waals surface area contributed by atoms with Crippen LogP contribution in [0.5, 0.6) is 11.8 Å². The molecule has 0 unspecified atom stereocenters. The maximum Gasteiger partial charge on any atom is 0.319 e. The molecule has 2 bridgehead atoms. The third-order valence-electron chi connectivity index (χ3n) is 12.9. The summed E-state index contributed by atoms with van der Waals surface area (Å²) < 4.78 is 62.9. The summed E-state index contributed by atoms with van der Waals surface area (Å²) in [5.74, 6) is 0.880. The predicted molar refractivity (Wildman–Crippen MR) is 212 cm³/mol. The second-order valence-corrected chi connectivity index (χ2v) is 22.2. The first-order valence-corrected chi connectivity index (χ1v) is 22.9. The Morgan fingerprint density at radius 2 is 1.87 bits per heavy atom. The Morgan fingerprint density at radius 1 is 1.04 bits per heavy atom. The zero-order valence-electron chi connectivity index (χ0n) is 33.3. The predicted octanol–water partition coefficient (Wildman–Crippen LogP) is 8.15. The fourth-order valence-corrected chi connectivity index (χ4v) is 10.5. The number of methoxy groups -OCH3 is 1. The maximum atomic E-state index is 17.4. The number of anilines is 1. The smallest absolute Gasteiger partial charge is 0.319 e. The Kier molecular flexibility index (Phi) is 10.5. The van der Waals surface area contributed by atoms with Crippen molar-refractivity contribution < 1.29 is 32.2 Å². The first kappa shape index (κ1) is 38.4. The highest BCUT2D eigenvalue weighted by Gasteiger charge is 2.47. The van der Waals surface area contributed by atoms with Gasteiger partial charge in [0.25, 0.3) is 0 Å². The average Bonchev–Trinajstić information content (AvgIpc) is 3.70. The number of aromatic nitrogens is 3. The molecule has 296 valence electrons. The van der Waals surface area contributed by atoms with E-state index in [0.29, 0.717) is 76.4 Å². The summed E-state index contributed by atoms with van der Waals surface area (Å²) in [5, 5.41) is 1.94. The fourth-order valence-electron chi connectivity index (χ4n) is 9.12. The van der Waals surface area contributed by atoms with Gasteiger partial charge < -0.3 is 28.3 Å². The number of rotatable bonds is 11. The highest BCUT2D eigenvalue weighted by Crippen LogP contribution is 2.46. The summed E-state index contributed by atoms with van der Waals surface area (Å²) in [6.45, 7) is 17.6. The van der Waals surface area contributed by atoms with Crippen molar-refractivity contribution in [3.05, 3.63) is 47.7 Å². The molecule has 8 rings (SSSR count). The van der Waals surface area contributed by atoms with Crippen LogP contribution in [-0.4, -0.2) is 99.7 Å². The molecule has 2 aromatic carbocycles. The Bertz CT molecular complexity index is 2060. The molecule has 5 heterocycles. The van der Waals surface area contributed by atoms with Gasteiger partial charge in [0.05, 0.1) is 18.6 Å². The van der Waals surface area contributed by atoms with E-state index in [2.05, 4.69) is 43.7 Å². The van der Waals surface area contributed by atoms with E-state index >= 15 is 8.78 Å². The standard InChI is InChI=1S/C42H55F2N5O5Si/c1-8-31-34(43)12-9-26-17-30(53-24-50-5)18-32(36(26)31)38-37(44)39-33(19-45-38)40(47-41(46-39)52-23-29-11-10-28-22-51-14-13-49(28)29)48-20-25-15-27(21-48)35(16-25)54-55(6,7)42(2,3)4/h9,12,17-19,25,27-29,35H,8,10-11,13-16,20-24H2,1-7H3/t25-,27-,28+,29+,35-/m1/s1. The third-order valence-corrected chi connectivity index (χ3v) is 17.4. The molecule has 5 atom stereocenters. The van der Waals surface area contributed by atoms with Gasteiger partial charge in [0.15, 0.2) is 20.9 Å². The highest BCUT2D eigenvalue weighted by atomic mass is 28.4. The lowest BCUT2D eigenvalue weighted by molar-refractivity contribution is -0.0101. The molecular weight excluding hydrogens is 721 g/mol. The summed E-state index contributed by atoms with van der Waals surface area (Å²) >= 11 is 0. The van der Waals surface area contributed by atoms with Gasteiger partial charge in [-0.05, 0) is 90.7 Å². The summed E-state index contributed by atoms with van der Waals surface area (Å²) in [4.78, 5) is 19.3. The number of fused-ring (bicyclic) bond motifs is 5. The zero-order chi connectivity index (χ0) is 38.6. The van der Waals surface area contributed by atoms with Crippen LogP contribution in [0.2, 0.25) is 18.1 Å². The molecule has 55 heavy (non-hydrogen) atoms. The number of benzene rings is 2. The lowest BCUT2D eigenvalue weighted by Crippen LogP contribution is -2.47. The molecule has 4 fully saturated rings. The molecule has 0 spiro atoms. The quantitative estimate of drug-likeness (QED) is 0.110. The molecule has 0 amide bonds. The largest absolute Gasteiger partial charge is 0.468 e. The molecule has 3 aliphatic heterocycles. The number of hydrogen-bond acceptors (Lipinski definition) is 10. The second-order valence-electron chi connectivity index (χ2n) is 17.4. The van der Waals surface area contributed by atoms with Crippen LogP contribution in [0.3, 0.4) is 0 Å². The monoisotopic (exact) mass is 775 g/mol. The van der Waals surface area contributed by atoms with E-state index in [4.69, 9.17) is 38.3 Å². The molecule has 0 radical (unpaired) electrons. The minimum Gasteiger partial charge on any atom is -0.468 e. The minimum atomic E-state index is -1.98. The van der Waals surface area contributed by atoms with Crippen LogP contribution >= 0.6 is 0 Å². The number of ether oxygens (including phenoxy) is 4. The number of morpholine rings is 1. The van der Waals surface area contributed by atoms with E-state index in [1.165, 1.54) is 13.2 Å². The van der Waals surface area contributed by atoms with Gasteiger partial charge >= 0.3 is 6.01 Å². The molecule has 13 heteroatoms. The van der Waals surface area contributed by atoms with Crippen molar-refractivity contribution in [1.82, 2.24) is 19.9 Å². The third kappa shape index (κ3) is 7.31. The maximum absolute atomic E-state index is 17.4. The van der Waals surface area contributed by atoms with Crippen LogP contribution < -0.4 is 14.4 Å². The SMILES string of the molecule is CCc1c(F)ccc2cc(OCOC)cc(-c3ncc4c(N5C[C@@H]6C[C@H](C5)[C@H](O[Si](C)(C)C(C)(C)C)C6)nc(OC[C@@H]5CC[C@H]6COCCN65)nc4c3F)c12. The first-order valence-electron chi connectivity index (χ1n) is 20.0. The molecule has 4 aromatic rings. The first-order chi connectivity index (χ1) is 26.3. The van der Waals surface area contributed by atoms with E-state index in [9.17, 15) is 0 Å². The van der Waals surface area contributed by atoms with Crippen LogP contribution in [0.25, 0.3) is 32.9 Å². The second kappa shape index (κ2) is 15.1. The highest BCUT2D eigenvalue weighted by molar-refractivity contribution is 6.74. The Hall–Kier alpha value is -3.49. The van der Waals surface area contributed by atoms with Crippen LogP contribution in [0.4, 0.5) is 14.6 Å². The molecule has 2 aromatic heterocycles. The van der Waals surface area contributed by atoms with Gasteiger partial charge in [0.2, 0.25) is 0 Å². The van der Waals surface area contributed by atoms with Crippen molar-refractivity contribution in [3.8, 4) is 23.0 Å². The van der Waals surface area contributed by atoms with Crippen LogP contribution in [0.1, 0.15) is 58.9 Å². The molecule has 3 saturated heterocycles. The van der Waals surface area contributed by atoms with Crippen molar-refractivity contribution >= 4 is 35.8 Å². The van der Waals surface area contributed by atoms with Crippen molar-refractivity contribution in [1.29, 1.82) is 0 Å². The van der Waals surface area contributed by atoms with Crippen molar-refractivity contribution in [2.24, 2.45) is 11.8 Å². The fraction of sp³-hybridized carbons (Fsp3) is 0.595. The number of pyridine rings is 1. The van der Waals surface area contributed by atoms with E-state index in [1.54, 1.807) is 18.3 Å². The van der Waals surface area contributed by atoms with E-state index in [0.717, 1.165) is 51.9 Å². The molecular formula is C42H55F2N5O5Si. The normalized spacial score (nSPS) is 24.5. The van der Waals surface area contributed by atoms with Gasteiger partial charge in [-0.15, -0.1) is 0 Å². The molecule has 4 aliphatic rings. The molecule has 1 saturated carbocycles. The van der Waals surface area contributed by atoms with Crippen LogP contribution in [-0.2, 0) is 20.3 Å². The van der Waals surface area contributed by atoms with Gasteiger partial charge in [-0.25, -0.2) is 8.78 Å². The van der Waals surface area contributed by atoms with E-state index in [-0.39, 0.29) is 47.0 Å². The van der Waals surface area contributed by atoms with Crippen molar-refractivity contribution in [2.75, 3.05) is 58.3 Å². The molecule has 0 N–H and O–H groups in total. The Labute approximate surface area is 324 Å². The topological polar surface area (TPSA) is 91.3 Å². The summed E-state index contributed by atoms with van der Waals surface area (Å²) in [5.41, 5.74) is 1.09. The van der Waals surface area contributed by atoms with Crippen LogP contribution in [0, 0.1) is 23.5 Å². The van der Waals surface area contributed by atoms with Crippen molar-refractivity contribution in [3.63, 3.8) is 0 Å². The number of hydrogen-bond donors (Lipinski definition) is 0. The van der Waals surface area contributed by atoms with Gasteiger partial charge in [-0.3, -0.25) is 9.88 Å². The molecule has 1 aliphatic carbocycles. The number of piperidine rings is 1.